The summed E-state index contributed by atoms with van der Waals surface area (Å²) in [6.07, 6.45) is 0. The molecule has 5 nitrogen and oxygen atoms in total. The van der Waals surface area contributed by atoms with Crippen LogP contribution in [-0.2, 0) is 4.79 Å². The zero-order valence-corrected chi connectivity index (χ0v) is 11.3. The normalized spacial score (nSPS) is 15.6. The van der Waals surface area contributed by atoms with Gasteiger partial charge in [-0.2, -0.15) is 0 Å². The fourth-order valence-electron chi connectivity index (χ4n) is 2.22. The first-order valence-electron chi connectivity index (χ1n) is 6.73. The Kier molecular flexibility index (Phi) is 4.63. The molecule has 0 spiro atoms. The van der Waals surface area contributed by atoms with Crippen molar-refractivity contribution in [1.82, 2.24) is 10.2 Å². The molecule has 0 aliphatic carbocycles. The van der Waals surface area contributed by atoms with Crippen molar-refractivity contribution in [2.75, 3.05) is 44.2 Å². The lowest BCUT2D eigenvalue weighted by atomic mass is 10.2. The maximum atomic E-state index is 11.9. The molecule has 1 fully saturated rings. The molecule has 19 heavy (non-hydrogen) atoms. The zero-order chi connectivity index (χ0) is 13.7. The van der Waals surface area contributed by atoms with Gasteiger partial charge in [0.2, 0.25) is 5.91 Å². The Balaban J connectivity index is 1.85. The van der Waals surface area contributed by atoms with E-state index >= 15 is 0 Å². The van der Waals surface area contributed by atoms with Crippen molar-refractivity contribution in [3.63, 3.8) is 0 Å². The first-order valence-corrected chi connectivity index (χ1v) is 6.73. The number of benzene rings is 1. The van der Waals surface area contributed by atoms with Gasteiger partial charge in [-0.25, -0.2) is 0 Å². The molecule has 0 bridgehead atoms. The molecule has 1 aromatic carbocycles. The lowest BCUT2D eigenvalue weighted by Gasteiger charge is -2.36. The fraction of sp³-hybridized carbons (Fsp3) is 0.500. The summed E-state index contributed by atoms with van der Waals surface area (Å²) in [4.78, 5) is 16.0. The third-order valence-corrected chi connectivity index (χ3v) is 3.37. The van der Waals surface area contributed by atoms with E-state index in [1.165, 1.54) is 0 Å². The van der Waals surface area contributed by atoms with E-state index in [1.807, 2.05) is 24.0 Å². The smallest absolute Gasteiger partial charge is 0.236 e. The van der Waals surface area contributed by atoms with Crippen LogP contribution >= 0.6 is 0 Å². The van der Waals surface area contributed by atoms with Crippen LogP contribution in [0.3, 0.4) is 0 Å². The van der Waals surface area contributed by atoms with Crippen LogP contribution in [0.15, 0.2) is 24.3 Å². The number of amides is 1. The van der Waals surface area contributed by atoms with Gasteiger partial charge in [0.15, 0.2) is 0 Å². The van der Waals surface area contributed by atoms with Crippen LogP contribution in [0.2, 0.25) is 0 Å². The molecule has 0 aromatic heterocycles. The number of likely N-dealkylation sites (N-methyl/N-ethyl adjacent to an activating group) is 1. The molecule has 0 unspecified atom stereocenters. The number of carbonyl (C=O) groups is 1. The molecule has 1 aromatic rings. The average molecular weight is 263 g/mol. The third kappa shape index (κ3) is 3.61. The van der Waals surface area contributed by atoms with Crippen molar-refractivity contribution in [3.05, 3.63) is 24.3 Å². The molecule has 2 rings (SSSR count). The Morgan fingerprint density at radius 3 is 2.42 bits per heavy atom. The van der Waals surface area contributed by atoms with Crippen LogP contribution in [0.1, 0.15) is 6.92 Å². The van der Waals surface area contributed by atoms with Gasteiger partial charge >= 0.3 is 0 Å². The number of rotatable bonds is 4. The summed E-state index contributed by atoms with van der Waals surface area (Å²) in [7, 11) is 0. The molecule has 0 atom stereocenters. The van der Waals surface area contributed by atoms with E-state index < -0.39 is 0 Å². The second kappa shape index (κ2) is 6.43. The van der Waals surface area contributed by atoms with Gasteiger partial charge in [-0.1, -0.05) is 6.92 Å². The molecule has 104 valence electrons. The number of anilines is 1. The number of phenolic OH excluding ortho intramolecular Hbond substituents is 1. The SMILES string of the molecule is CCNCC(=O)N1CCN(c2ccc(O)cc2)CC1. The van der Waals surface area contributed by atoms with Gasteiger partial charge in [-0.15, -0.1) is 0 Å². The van der Waals surface area contributed by atoms with Crippen LogP contribution in [0.4, 0.5) is 5.69 Å². The van der Waals surface area contributed by atoms with E-state index in [4.69, 9.17) is 0 Å². The molecule has 1 aliphatic heterocycles. The van der Waals surface area contributed by atoms with Gasteiger partial charge in [0.05, 0.1) is 6.54 Å². The summed E-state index contributed by atoms with van der Waals surface area (Å²) in [5, 5.41) is 12.3. The van der Waals surface area contributed by atoms with Gasteiger partial charge in [0, 0.05) is 31.9 Å². The summed E-state index contributed by atoms with van der Waals surface area (Å²) < 4.78 is 0. The molecule has 1 saturated heterocycles. The minimum Gasteiger partial charge on any atom is -0.508 e. The van der Waals surface area contributed by atoms with Crippen LogP contribution in [0.5, 0.6) is 5.75 Å². The molecule has 1 amide bonds. The topological polar surface area (TPSA) is 55.8 Å². The summed E-state index contributed by atoms with van der Waals surface area (Å²) in [5.74, 6) is 0.454. The second-order valence-electron chi connectivity index (χ2n) is 4.66. The van der Waals surface area contributed by atoms with E-state index in [0.717, 1.165) is 38.4 Å². The van der Waals surface area contributed by atoms with E-state index in [2.05, 4.69) is 10.2 Å². The van der Waals surface area contributed by atoms with Gasteiger partial charge in [0.25, 0.3) is 0 Å². The molecule has 1 heterocycles. The Morgan fingerprint density at radius 1 is 1.21 bits per heavy atom. The highest BCUT2D eigenvalue weighted by Gasteiger charge is 2.20. The largest absolute Gasteiger partial charge is 0.508 e. The van der Waals surface area contributed by atoms with E-state index in [0.29, 0.717) is 6.54 Å². The predicted molar refractivity (Wildman–Crippen MR) is 75.4 cm³/mol. The van der Waals surface area contributed by atoms with Gasteiger partial charge in [0.1, 0.15) is 5.75 Å². The summed E-state index contributed by atoms with van der Waals surface area (Å²) in [6.45, 7) is 6.42. The van der Waals surface area contributed by atoms with E-state index in [9.17, 15) is 9.90 Å². The average Bonchev–Trinajstić information content (AvgIpc) is 2.46. The van der Waals surface area contributed by atoms with Crippen LogP contribution in [-0.4, -0.2) is 55.2 Å². The minimum atomic E-state index is 0.173. The lowest BCUT2D eigenvalue weighted by Crippen LogP contribution is -2.50. The van der Waals surface area contributed by atoms with Crippen molar-refractivity contribution >= 4 is 11.6 Å². The van der Waals surface area contributed by atoms with Crippen LogP contribution in [0.25, 0.3) is 0 Å². The predicted octanol–water partition coefficient (Wildman–Crippen LogP) is 0.650. The fourth-order valence-corrected chi connectivity index (χ4v) is 2.22. The molecule has 2 N–H and O–H groups in total. The van der Waals surface area contributed by atoms with Crippen molar-refractivity contribution in [1.29, 1.82) is 0 Å². The number of aromatic hydroxyl groups is 1. The molecular formula is C14H21N3O2. The van der Waals surface area contributed by atoms with Crippen LogP contribution in [0, 0.1) is 0 Å². The molecular weight excluding hydrogens is 242 g/mol. The van der Waals surface area contributed by atoms with Crippen molar-refractivity contribution in [3.8, 4) is 5.75 Å². The number of hydrogen-bond acceptors (Lipinski definition) is 4. The minimum absolute atomic E-state index is 0.173. The number of nitrogens with zero attached hydrogens (tertiary/aromatic N) is 2. The first-order chi connectivity index (χ1) is 9.20. The van der Waals surface area contributed by atoms with Crippen molar-refractivity contribution in [2.24, 2.45) is 0 Å². The maximum absolute atomic E-state index is 11.9. The summed E-state index contributed by atoms with van der Waals surface area (Å²) in [5.41, 5.74) is 1.09. The Hall–Kier alpha value is -1.75. The lowest BCUT2D eigenvalue weighted by molar-refractivity contribution is -0.130. The maximum Gasteiger partial charge on any atom is 0.236 e. The van der Waals surface area contributed by atoms with Crippen molar-refractivity contribution < 1.29 is 9.90 Å². The number of carbonyl (C=O) groups excluding carboxylic acids is 1. The Bertz CT molecular complexity index is 411. The van der Waals surface area contributed by atoms with E-state index in [1.54, 1.807) is 12.1 Å². The molecule has 1 aliphatic rings. The summed E-state index contributed by atoms with van der Waals surface area (Å²) >= 11 is 0. The van der Waals surface area contributed by atoms with Gasteiger partial charge in [-0.3, -0.25) is 4.79 Å². The monoisotopic (exact) mass is 263 g/mol. The number of phenols is 1. The Morgan fingerprint density at radius 2 is 1.84 bits per heavy atom. The summed E-state index contributed by atoms with van der Waals surface area (Å²) in [6, 6.07) is 7.20. The number of piperazine rings is 1. The Labute approximate surface area is 113 Å². The van der Waals surface area contributed by atoms with Gasteiger partial charge in [-0.05, 0) is 30.8 Å². The highest BCUT2D eigenvalue weighted by Crippen LogP contribution is 2.19. The molecule has 0 saturated carbocycles. The zero-order valence-electron chi connectivity index (χ0n) is 11.3. The van der Waals surface area contributed by atoms with E-state index in [-0.39, 0.29) is 11.7 Å². The highest BCUT2D eigenvalue weighted by atomic mass is 16.3. The van der Waals surface area contributed by atoms with Crippen molar-refractivity contribution in [2.45, 2.75) is 6.92 Å². The van der Waals surface area contributed by atoms with Gasteiger partial charge < -0.3 is 20.2 Å². The quantitative estimate of drug-likeness (QED) is 0.837. The molecule has 5 heteroatoms. The number of nitrogens with one attached hydrogen (secondary N) is 1. The standard InChI is InChI=1S/C14H21N3O2/c1-2-15-11-14(19)17-9-7-16(8-10-17)12-3-5-13(18)6-4-12/h3-6,15,18H,2,7-11H2,1H3. The molecule has 0 radical (unpaired) electrons. The highest BCUT2D eigenvalue weighted by molar-refractivity contribution is 5.78. The number of hydrogen-bond donors (Lipinski definition) is 2. The second-order valence-corrected chi connectivity index (χ2v) is 4.66. The first kappa shape index (κ1) is 13.7. The van der Waals surface area contributed by atoms with Crippen LogP contribution < -0.4 is 10.2 Å². The third-order valence-electron chi connectivity index (χ3n) is 3.37.